The van der Waals surface area contributed by atoms with Crippen LogP contribution >= 0.6 is 0 Å². The minimum absolute atomic E-state index is 0.134. The number of rotatable bonds is 2. The molecule has 2 nitrogen and oxygen atoms in total. The Balaban J connectivity index is 2.56. The Labute approximate surface area is 73.9 Å². The summed E-state index contributed by atoms with van der Waals surface area (Å²) in [7, 11) is 0. The van der Waals surface area contributed by atoms with Crippen molar-refractivity contribution in [1.29, 1.82) is 0 Å². The van der Waals surface area contributed by atoms with Crippen LogP contribution in [0.3, 0.4) is 0 Å². The van der Waals surface area contributed by atoms with Gasteiger partial charge in [-0.2, -0.15) is 0 Å². The summed E-state index contributed by atoms with van der Waals surface area (Å²) in [6.07, 6.45) is 5.12. The monoisotopic (exact) mass is 170 g/mol. The van der Waals surface area contributed by atoms with Gasteiger partial charge in [-0.05, 0) is 39.0 Å². The first-order chi connectivity index (χ1) is 5.56. The quantitative estimate of drug-likeness (QED) is 0.616. The number of allylic oxidation sites excluding steroid dienone is 2. The van der Waals surface area contributed by atoms with E-state index in [4.69, 9.17) is 5.11 Å². The van der Waals surface area contributed by atoms with E-state index in [0.29, 0.717) is 0 Å². The average Bonchev–Trinajstić information content (AvgIpc) is 2.05. The van der Waals surface area contributed by atoms with Crippen LogP contribution in [0.2, 0.25) is 0 Å². The summed E-state index contributed by atoms with van der Waals surface area (Å²) in [5.41, 5.74) is 0.511. The molecule has 0 unspecified atom stereocenters. The molecule has 0 aromatic rings. The Kier molecular flexibility index (Phi) is 2.91. The van der Waals surface area contributed by atoms with Crippen LogP contribution in [0.25, 0.3) is 0 Å². The molecule has 0 amide bonds. The fourth-order valence-electron chi connectivity index (χ4n) is 1.66. The predicted octanol–water partition coefficient (Wildman–Crippen LogP) is 1.48. The van der Waals surface area contributed by atoms with Crippen LogP contribution in [0.1, 0.15) is 33.1 Å². The van der Waals surface area contributed by atoms with E-state index in [2.05, 4.69) is 13.0 Å². The van der Waals surface area contributed by atoms with Gasteiger partial charge in [-0.25, -0.2) is 0 Å². The highest BCUT2D eigenvalue weighted by Crippen LogP contribution is 2.31. The zero-order valence-corrected chi connectivity index (χ0v) is 7.88. The highest BCUT2D eigenvalue weighted by molar-refractivity contribution is 5.05. The Hall–Kier alpha value is -0.340. The maximum Gasteiger partial charge on any atom is 0.0880 e. The van der Waals surface area contributed by atoms with Crippen molar-refractivity contribution in [3.63, 3.8) is 0 Å². The van der Waals surface area contributed by atoms with Crippen LogP contribution in [-0.2, 0) is 0 Å². The smallest absolute Gasteiger partial charge is 0.0880 e. The lowest BCUT2D eigenvalue weighted by molar-refractivity contribution is -0.0496. The normalized spacial score (nSPS) is 29.3. The topological polar surface area (TPSA) is 40.5 Å². The van der Waals surface area contributed by atoms with Gasteiger partial charge in [0.05, 0.1) is 12.2 Å². The molecule has 0 aromatic carbocycles. The van der Waals surface area contributed by atoms with Gasteiger partial charge in [0.15, 0.2) is 0 Å². The molecule has 0 radical (unpaired) electrons. The first-order valence-electron chi connectivity index (χ1n) is 4.55. The summed E-state index contributed by atoms with van der Waals surface area (Å²) in [4.78, 5) is 0. The molecule has 12 heavy (non-hydrogen) atoms. The molecular formula is C10H18O2. The van der Waals surface area contributed by atoms with Crippen molar-refractivity contribution < 1.29 is 10.2 Å². The summed E-state index contributed by atoms with van der Waals surface area (Å²) in [5.74, 6) is 0.228. The van der Waals surface area contributed by atoms with Crippen LogP contribution < -0.4 is 0 Å². The fourth-order valence-corrected chi connectivity index (χ4v) is 1.66. The molecule has 0 saturated carbocycles. The van der Waals surface area contributed by atoms with Crippen molar-refractivity contribution in [2.24, 2.45) is 5.92 Å². The van der Waals surface area contributed by atoms with Gasteiger partial charge in [0.1, 0.15) is 0 Å². The molecule has 0 aliphatic heterocycles. The second kappa shape index (κ2) is 3.58. The molecule has 70 valence electrons. The molecular weight excluding hydrogens is 152 g/mol. The van der Waals surface area contributed by atoms with Gasteiger partial charge in [-0.15, -0.1) is 0 Å². The fraction of sp³-hybridized carbons (Fsp3) is 0.800. The van der Waals surface area contributed by atoms with Gasteiger partial charge in [0.25, 0.3) is 0 Å². The number of hydrogen-bond acceptors (Lipinski definition) is 2. The maximum absolute atomic E-state index is 9.75. The van der Waals surface area contributed by atoms with E-state index < -0.39 is 5.60 Å². The molecule has 2 atom stereocenters. The third-order valence-corrected chi connectivity index (χ3v) is 2.84. The van der Waals surface area contributed by atoms with Gasteiger partial charge >= 0.3 is 0 Å². The summed E-state index contributed by atoms with van der Waals surface area (Å²) in [5, 5.41) is 18.7. The van der Waals surface area contributed by atoms with E-state index in [0.717, 1.165) is 19.3 Å². The molecule has 0 fully saturated rings. The molecule has 0 aromatic heterocycles. The van der Waals surface area contributed by atoms with Crippen molar-refractivity contribution in [2.75, 3.05) is 6.61 Å². The lowest BCUT2D eigenvalue weighted by atomic mass is 9.79. The highest BCUT2D eigenvalue weighted by atomic mass is 16.3. The molecule has 0 saturated heterocycles. The summed E-state index contributed by atoms with van der Waals surface area (Å²) in [6.45, 7) is 3.70. The zero-order chi connectivity index (χ0) is 9.19. The van der Waals surface area contributed by atoms with E-state index in [1.54, 1.807) is 6.92 Å². The van der Waals surface area contributed by atoms with Crippen LogP contribution in [0.5, 0.6) is 0 Å². The van der Waals surface area contributed by atoms with Crippen LogP contribution in [0.15, 0.2) is 11.6 Å². The Morgan fingerprint density at radius 2 is 2.33 bits per heavy atom. The van der Waals surface area contributed by atoms with Gasteiger partial charge in [0.2, 0.25) is 0 Å². The predicted molar refractivity (Wildman–Crippen MR) is 48.8 cm³/mol. The molecule has 0 heterocycles. The Morgan fingerprint density at radius 1 is 1.67 bits per heavy atom. The van der Waals surface area contributed by atoms with Gasteiger partial charge in [0, 0.05) is 0 Å². The molecule has 2 N–H and O–H groups in total. The van der Waals surface area contributed by atoms with Gasteiger partial charge < -0.3 is 10.2 Å². The van der Waals surface area contributed by atoms with Crippen LogP contribution in [0, 0.1) is 5.92 Å². The molecule has 2 heteroatoms. The van der Waals surface area contributed by atoms with Gasteiger partial charge in [-0.1, -0.05) is 11.6 Å². The average molecular weight is 170 g/mol. The van der Waals surface area contributed by atoms with E-state index in [9.17, 15) is 5.11 Å². The lowest BCUT2D eigenvalue weighted by Crippen LogP contribution is -2.39. The molecule has 0 bridgehead atoms. The zero-order valence-electron chi connectivity index (χ0n) is 7.88. The molecule has 1 aliphatic carbocycles. The molecule has 1 rings (SSSR count). The maximum atomic E-state index is 9.75. The number of aliphatic hydroxyl groups excluding tert-OH is 1. The number of aliphatic hydroxyl groups is 2. The van der Waals surface area contributed by atoms with Crippen molar-refractivity contribution in [2.45, 2.75) is 38.7 Å². The van der Waals surface area contributed by atoms with Crippen LogP contribution in [-0.4, -0.2) is 22.4 Å². The minimum atomic E-state index is -0.892. The summed E-state index contributed by atoms with van der Waals surface area (Å²) < 4.78 is 0. The van der Waals surface area contributed by atoms with Crippen LogP contribution in [0.4, 0.5) is 0 Å². The largest absolute Gasteiger partial charge is 0.393 e. The second-order valence-corrected chi connectivity index (χ2v) is 4.04. The SMILES string of the molecule is CC1=CC[C@H]([C@](C)(O)CO)CC1. The van der Waals surface area contributed by atoms with Crippen molar-refractivity contribution in [1.82, 2.24) is 0 Å². The van der Waals surface area contributed by atoms with Crippen molar-refractivity contribution >= 4 is 0 Å². The van der Waals surface area contributed by atoms with E-state index in [1.165, 1.54) is 5.57 Å². The Bertz CT molecular complexity index is 182. The van der Waals surface area contributed by atoms with Crippen molar-refractivity contribution in [3.05, 3.63) is 11.6 Å². The first kappa shape index (κ1) is 9.75. The summed E-state index contributed by atoms with van der Waals surface area (Å²) >= 11 is 0. The standard InChI is InChI=1S/C10H18O2/c1-8-3-5-9(6-4-8)10(2,12)7-11/h3,9,11-12H,4-7H2,1-2H3/t9-,10+/m0/s1. The van der Waals surface area contributed by atoms with E-state index in [1.807, 2.05) is 0 Å². The Morgan fingerprint density at radius 3 is 2.75 bits per heavy atom. The van der Waals surface area contributed by atoms with E-state index in [-0.39, 0.29) is 12.5 Å². The first-order valence-corrected chi connectivity index (χ1v) is 4.55. The molecule has 1 aliphatic rings. The third-order valence-electron chi connectivity index (χ3n) is 2.84. The summed E-state index contributed by atoms with van der Waals surface area (Å²) in [6, 6.07) is 0. The number of hydrogen-bond donors (Lipinski definition) is 2. The minimum Gasteiger partial charge on any atom is -0.393 e. The van der Waals surface area contributed by atoms with Gasteiger partial charge in [-0.3, -0.25) is 0 Å². The highest BCUT2D eigenvalue weighted by Gasteiger charge is 2.31. The second-order valence-electron chi connectivity index (χ2n) is 4.04. The third kappa shape index (κ3) is 2.08. The molecule has 0 spiro atoms. The van der Waals surface area contributed by atoms with E-state index >= 15 is 0 Å². The lowest BCUT2D eigenvalue weighted by Gasteiger charge is -2.33. The van der Waals surface area contributed by atoms with Crippen molar-refractivity contribution in [3.8, 4) is 0 Å².